The van der Waals surface area contributed by atoms with E-state index in [4.69, 9.17) is 0 Å². The van der Waals surface area contributed by atoms with E-state index in [2.05, 4.69) is 5.32 Å². The molecule has 3 aromatic rings. The number of hydrogen-bond donors (Lipinski definition) is 1. The van der Waals surface area contributed by atoms with Gasteiger partial charge >= 0.3 is 6.18 Å². The first kappa shape index (κ1) is 21.9. The van der Waals surface area contributed by atoms with Crippen LogP contribution in [0.3, 0.4) is 0 Å². The summed E-state index contributed by atoms with van der Waals surface area (Å²) in [6.07, 6.45) is -2.46. The number of aromatic nitrogens is 1. The molecule has 2 aromatic carbocycles. The number of nitrogens with one attached hydrogen (secondary N) is 1. The summed E-state index contributed by atoms with van der Waals surface area (Å²) >= 11 is 0. The van der Waals surface area contributed by atoms with Gasteiger partial charge in [-0.3, -0.25) is 4.79 Å². The Morgan fingerprint density at radius 2 is 1.87 bits per heavy atom. The highest BCUT2D eigenvalue weighted by molar-refractivity contribution is 5.86. The van der Waals surface area contributed by atoms with Crippen molar-refractivity contribution >= 4 is 16.8 Å². The molecule has 1 aromatic heterocycles. The zero-order valence-electron chi connectivity index (χ0n) is 17.3. The zero-order valence-corrected chi connectivity index (χ0v) is 17.3. The molecule has 1 atom stereocenters. The molecule has 0 aliphatic heterocycles. The summed E-state index contributed by atoms with van der Waals surface area (Å²) in [5, 5.41) is 3.81. The molecule has 0 saturated heterocycles. The quantitative estimate of drug-likeness (QED) is 0.619. The van der Waals surface area contributed by atoms with E-state index in [0.717, 1.165) is 28.6 Å². The van der Waals surface area contributed by atoms with Crippen molar-refractivity contribution in [3.63, 3.8) is 0 Å². The molecule has 0 unspecified atom stereocenters. The van der Waals surface area contributed by atoms with E-state index in [-0.39, 0.29) is 12.3 Å². The number of carbonyl (C=O) groups is 1. The van der Waals surface area contributed by atoms with Crippen LogP contribution in [0, 0.1) is 0 Å². The van der Waals surface area contributed by atoms with Crippen LogP contribution in [0.4, 0.5) is 13.2 Å². The number of carbonyl (C=O) groups excluding carboxylic acids is 1. The SMILES string of the molecule is CN(C)CCNC(=O)C[C@@H](c1cccc(C(F)(F)F)c1)c1cn(C)c2ccccc12. The second kappa shape index (κ2) is 8.92. The number of alkyl halides is 3. The molecule has 0 radical (unpaired) electrons. The number of likely N-dealkylation sites (N-methyl/N-ethyl adjacent to an activating group) is 1. The normalized spacial score (nSPS) is 13.0. The monoisotopic (exact) mass is 417 g/mol. The van der Waals surface area contributed by atoms with Gasteiger partial charge in [-0.15, -0.1) is 0 Å². The molecule has 0 fully saturated rings. The van der Waals surface area contributed by atoms with Crippen molar-refractivity contribution in [2.75, 3.05) is 27.2 Å². The van der Waals surface area contributed by atoms with Gasteiger partial charge in [-0.25, -0.2) is 0 Å². The minimum Gasteiger partial charge on any atom is -0.355 e. The third kappa shape index (κ3) is 5.02. The van der Waals surface area contributed by atoms with Crippen LogP contribution in [0.1, 0.15) is 29.0 Å². The average Bonchev–Trinajstić information content (AvgIpc) is 3.02. The van der Waals surface area contributed by atoms with Gasteiger partial charge < -0.3 is 14.8 Å². The fourth-order valence-electron chi connectivity index (χ4n) is 3.67. The maximum Gasteiger partial charge on any atom is 0.416 e. The number of aryl methyl sites for hydroxylation is 1. The summed E-state index contributed by atoms with van der Waals surface area (Å²) in [6, 6.07) is 13.0. The lowest BCUT2D eigenvalue weighted by molar-refractivity contribution is -0.137. The standard InChI is InChI=1S/C23H26F3N3O/c1-28(2)12-11-27-22(30)14-19(16-7-6-8-17(13-16)23(24,25)26)20-15-29(3)21-10-5-4-9-18(20)21/h4-10,13,15,19H,11-12,14H2,1-3H3,(H,27,30)/t19-/m0/s1. The molecular weight excluding hydrogens is 391 g/mol. The molecule has 0 spiro atoms. The minimum atomic E-state index is -4.44. The highest BCUT2D eigenvalue weighted by atomic mass is 19.4. The lowest BCUT2D eigenvalue weighted by Gasteiger charge is -2.19. The van der Waals surface area contributed by atoms with Gasteiger partial charge in [0.05, 0.1) is 5.56 Å². The van der Waals surface area contributed by atoms with Crippen LogP contribution in [-0.2, 0) is 18.0 Å². The predicted octanol–water partition coefficient (Wildman–Crippen LogP) is 4.40. The van der Waals surface area contributed by atoms with E-state index in [9.17, 15) is 18.0 Å². The Bertz CT molecular complexity index is 1020. The van der Waals surface area contributed by atoms with E-state index >= 15 is 0 Å². The fourth-order valence-corrected chi connectivity index (χ4v) is 3.67. The Hall–Kier alpha value is -2.80. The number of amides is 1. The smallest absolute Gasteiger partial charge is 0.355 e. The number of para-hydroxylation sites is 1. The number of rotatable bonds is 7. The van der Waals surface area contributed by atoms with Crippen molar-refractivity contribution in [2.24, 2.45) is 7.05 Å². The minimum absolute atomic E-state index is 0.0722. The molecule has 160 valence electrons. The number of nitrogens with zero attached hydrogens (tertiary/aromatic N) is 2. The van der Waals surface area contributed by atoms with Crippen molar-refractivity contribution in [3.8, 4) is 0 Å². The first-order chi connectivity index (χ1) is 14.2. The number of fused-ring (bicyclic) bond motifs is 1. The summed E-state index contributed by atoms with van der Waals surface area (Å²) in [5.74, 6) is -0.676. The molecule has 7 heteroatoms. The maximum absolute atomic E-state index is 13.3. The Morgan fingerprint density at radius 3 is 2.57 bits per heavy atom. The van der Waals surface area contributed by atoms with E-state index < -0.39 is 17.7 Å². The van der Waals surface area contributed by atoms with Crippen LogP contribution < -0.4 is 5.32 Å². The molecule has 3 rings (SSSR count). The van der Waals surface area contributed by atoms with Gasteiger partial charge in [0.1, 0.15) is 0 Å². The van der Waals surface area contributed by atoms with E-state index in [1.807, 2.05) is 61.1 Å². The van der Waals surface area contributed by atoms with Gasteiger partial charge in [0.25, 0.3) is 0 Å². The van der Waals surface area contributed by atoms with Gasteiger partial charge in [-0.2, -0.15) is 13.2 Å². The van der Waals surface area contributed by atoms with Crippen molar-refractivity contribution in [3.05, 3.63) is 71.4 Å². The van der Waals surface area contributed by atoms with E-state index in [0.29, 0.717) is 18.7 Å². The summed E-state index contributed by atoms with van der Waals surface area (Å²) < 4.78 is 41.9. The maximum atomic E-state index is 13.3. The Labute approximate surface area is 174 Å². The van der Waals surface area contributed by atoms with Crippen LogP contribution >= 0.6 is 0 Å². The van der Waals surface area contributed by atoms with Crippen LogP contribution in [0.5, 0.6) is 0 Å². The highest BCUT2D eigenvalue weighted by Crippen LogP contribution is 2.37. The molecular formula is C23H26F3N3O. The molecule has 1 heterocycles. The highest BCUT2D eigenvalue weighted by Gasteiger charge is 2.32. The fraction of sp³-hybridized carbons (Fsp3) is 0.348. The molecule has 1 N–H and O–H groups in total. The van der Waals surface area contributed by atoms with E-state index in [1.165, 1.54) is 6.07 Å². The van der Waals surface area contributed by atoms with Gasteiger partial charge in [0.15, 0.2) is 0 Å². The van der Waals surface area contributed by atoms with Gasteiger partial charge in [-0.05, 0) is 37.4 Å². The van der Waals surface area contributed by atoms with Crippen LogP contribution in [-0.4, -0.2) is 42.6 Å². The van der Waals surface area contributed by atoms with Crippen molar-refractivity contribution in [1.82, 2.24) is 14.8 Å². The topological polar surface area (TPSA) is 37.3 Å². The molecule has 30 heavy (non-hydrogen) atoms. The van der Waals surface area contributed by atoms with Crippen LogP contribution in [0.25, 0.3) is 10.9 Å². The molecule has 0 aliphatic carbocycles. The summed E-state index contributed by atoms with van der Waals surface area (Å²) in [4.78, 5) is 14.6. The molecule has 0 bridgehead atoms. The lowest BCUT2D eigenvalue weighted by Crippen LogP contribution is -2.32. The molecule has 1 amide bonds. The second-order valence-corrected chi connectivity index (χ2v) is 7.75. The molecule has 0 aliphatic rings. The van der Waals surface area contributed by atoms with Gasteiger partial charge in [0.2, 0.25) is 5.91 Å². The second-order valence-electron chi connectivity index (χ2n) is 7.75. The van der Waals surface area contributed by atoms with Crippen molar-refractivity contribution in [2.45, 2.75) is 18.5 Å². The first-order valence-corrected chi connectivity index (χ1v) is 9.79. The number of halogens is 3. The van der Waals surface area contributed by atoms with Crippen molar-refractivity contribution < 1.29 is 18.0 Å². The third-order valence-corrected chi connectivity index (χ3v) is 5.19. The molecule has 0 saturated carbocycles. The first-order valence-electron chi connectivity index (χ1n) is 9.79. The Morgan fingerprint density at radius 1 is 1.13 bits per heavy atom. The molecule has 4 nitrogen and oxygen atoms in total. The number of hydrogen-bond acceptors (Lipinski definition) is 2. The predicted molar refractivity (Wildman–Crippen MR) is 112 cm³/mol. The largest absolute Gasteiger partial charge is 0.416 e. The summed E-state index contributed by atoms with van der Waals surface area (Å²) in [5.41, 5.74) is 1.58. The van der Waals surface area contributed by atoms with Crippen molar-refractivity contribution in [1.29, 1.82) is 0 Å². The zero-order chi connectivity index (χ0) is 21.9. The Kier molecular flexibility index (Phi) is 6.51. The third-order valence-electron chi connectivity index (χ3n) is 5.19. The Balaban J connectivity index is 2.00. The lowest BCUT2D eigenvalue weighted by atomic mass is 9.87. The van der Waals surface area contributed by atoms with E-state index in [1.54, 1.807) is 6.07 Å². The number of benzene rings is 2. The van der Waals surface area contributed by atoms with Gasteiger partial charge in [-0.1, -0.05) is 36.4 Å². The average molecular weight is 417 g/mol. The van der Waals surface area contributed by atoms with Gasteiger partial charge in [0, 0.05) is 49.6 Å². The summed E-state index contributed by atoms with van der Waals surface area (Å²) in [6.45, 7) is 1.17. The summed E-state index contributed by atoms with van der Waals surface area (Å²) in [7, 11) is 5.72. The van der Waals surface area contributed by atoms with Crippen LogP contribution in [0.15, 0.2) is 54.7 Å². The van der Waals surface area contributed by atoms with Crippen LogP contribution in [0.2, 0.25) is 0 Å².